The van der Waals surface area contributed by atoms with Crippen LogP contribution in [0.15, 0.2) is 41.5 Å². The van der Waals surface area contributed by atoms with Gasteiger partial charge in [0.25, 0.3) is 0 Å². The van der Waals surface area contributed by atoms with E-state index in [0.717, 1.165) is 0 Å². The molecule has 0 saturated heterocycles. The van der Waals surface area contributed by atoms with Crippen molar-refractivity contribution in [2.45, 2.75) is 45.4 Å². The molecule has 0 aliphatic carbocycles. The summed E-state index contributed by atoms with van der Waals surface area (Å²) in [5, 5.41) is 2.96. The number of imidazole rings is 1. The van der Waals surface area contributed by atoms with Crippen molar-refractivity contribution in [3.63, 3.8) is 0 Å². The molecule has 2 rings (SSSR count). The lowest BCUT2D eigenvalue weighted by Crippen LogP contribution is -2.51. The molecular formula is C21H28FN3O5. The van der Waals surface area contributed by atoms with Gasteiger partial charge in [-0.05, 0) is 30.0 Å². The molecule has 0 spiro atoms. The van der Waals surface area contributed by atoms with Crippen molar-refractivity contribution in [1.29, 1.82) is 0 Å². The second-order valence-corrected chi connectivity index (χ2v) is 7.44. The number of esters is 2. The molecule has 1 heterocycles. The molecule has 1 aromatic heterocycles. The van der Waals surface area contributed by atoms with Crippen molar-refractivity contribution in [1.82, 2.24) is 14.5 Å². The fraction of sp³-hybridized carbons (Fsp3) is 0.476. The van der Waals surface area contributed by atoms with Crippen molar-refractivity contribution in [3.05, 3.63) is 58.5 Å². The molecule has 0 amide bonds. The molecule has 0 bridgehead atoms. The van der Waals surface area contributed by atoms with E-state index in [1.807, 2.05) is 13.8 Å². The van der Waals surface area contributed by atoms with E-state index in [9.17, 15) is 18.8 Å². The van der Waals surface area contributed by atoms with Gasteiger partial charge in [0.15, 0.2) is 0 Å². The third-order valence-corrected chi connectivity index (χ3v) is 4.62. The van der Waals surface area contributed by atoms with Crippen LogP contribution in [0.5, 0.6) is 0 Å². The number of benzene rings is 1. The summed E-state index contributed by atoms with van der Waals surface area (Å²) in [4.78, 5) is 37.1. The van der Waals surface area contributed by atoms with E-state index >= 15 is 0 Å². The number of aromatic nitrogens is 2. The van der Waals surface area contributed by atoms with Crippen molar-refractivity contribution in [3.8, 4) is 0 Å². The molecule has 1 aromatic carbocycles. The normalized spacial score (nSPS) is 13.1. The average molecular weight is 421 g/mol. The number of ether oxygens (including phenoxy) is 2. The summed E-state index contributed by atoms with van der Waals surface area (Å²) < 4.78 is 25.8. The number of nitrogens with zero attached hydrogens (tertiary/aromatic N) is 2. The Morgan fingerprint density at radius 3 is 2.30 bits per heavy atom. The molecule has 0 saturated carbocycles. The number of halogens is 1. The summed E-state index contributed by atoms with van der Waals surface area (Å²) in [5.74, 6) is -1.30. The smallest absolute Gasteiger partial charge is 0.328 e. The highest BCUT2D eigenvalue weighted by Crippen LogP contribution is 2.09. The molecule has 0 aliphatic heterocycles. The highest BCUT2D eigenvalue weighted by atomic mass is 19.1. The van der Waals surface area contributed by atoms with Crippen LogP contribution in [-0.2, 0) is 32.2 Å². The standard InChI is InChI=1S/C21H28FN3O5/c1-14(2)10-17(19(26)29-3)23-18(20(27)30-4)13-25-9-8-24(21(25)28)12-15-6-5-7-16(22)11-15/h5-9,11,14,17-18,23H,10,12-13H2,1-4H3/t17-,18?/m0/s1. The number of methoxy groups -OCH3 is 2. The van der Waals surface area contributed by atoms with Crippen LogP contribution in [0.25, 0.3) is 0 Å². The third kappa shape index (κ3) is 6.28. The summed E-state index contributed by atoms with van der Waals surface area (Å²) in [5.41, 5.74) is 0.272. The van der Waals surface area contributed by atoms with Gasteiger partial charge < -0.3 is 9.47 Å². The Hall–Kier alpha value is -2.94. The van der Waals surface area contributed by atoms with Gasteiger partial charge in [0, 0.05) is 12.4 Å². The zero-order valence-corrected chi connectivity index (χ0v) is 17.6. The van der Waals surface area contributed by atoms with Crippen LogP contribution >= 0.6 is 0 Å². The molecule has 9 heteroatoms. The van der Waals surface area contributed by atoms with Gasteiger partial charge in [0.2, 0.25) is 0 Å². The van der Waals surface area contributed by atoms with Gasteiger partial charge in [-0.15, -0.1) is 0 Å². The quantitative estimate of drug-likeness (QED) is 0.586. The van der Waals surface area contributed by atoms with Crippen LogP contribution in [0.3, 0.4) is 0 Å². The zero-order valence-electron chi connectivity index (χ0n) is 17.6. The molecular weight excluding hydrogens is 393 g/mol. The van der Waals surface area contributed by atoms with Crippen LogP contribution in [0.2, 0.25) is 0 Å². The third-order valence-electron chi connectivity index (χ3n) is 4.62. The fourth-order valence-electron chi connectivity index (χ4n) is 3.17. The molecule has 1 unspecified atom stereocenters. The minimum absolute atomic E-state index is 0.0345. The van der Waals surface area contributed by atoms with Gasteiger partial charge in [-0.1, -0.05) is 26.0 Å². The number of carbonyl (C=O) groups is 2. The van der Waals surface area contributed by atoms with Crippen LogP contribution in [-0.4, -0.2) is 47.4 Å². The number of nitrogens with one attached hydrogen (secondary N) is 1. The fourth-order valence-corrected chi connectivity index (χ4v) is 3.17. The summed E-state index contributed by atoms with van der Waals surface area (Å²) in [7, 11) is 2.52. The SMILES string of the molecule is COC(=O)C(Cn1ccn(Cc2cccc(F)c2)c1=O)N[C@@H](CC(C)C)C(=O)OC. The van der Waals surface area contributed by atoms with Crippen molar-refractivity contribution in [2.24, 2.45) is 5.92 Å². The zero-order chi connectivity index (χ0) is 22.3. The molecule has 2 aromatic rings. The molecule has 0 radical (unpaired) electrons. The van der Waals surface area contributed by atoms with Crippen LogP contribution < -0.4 is 11.0 Å². The van der Waals surface area contributed by atoms with E-state index in [2.05, 4.69) is 5.32 Å². The largest absolute Gasteiger partial charge is 0.468 e. The summed E-state index contributed by atoms with van der Waals surface area (Å²) in [6.07, 6.45) is 3.55. The maximum atomic E-state index is 13.4. The van der Waals surface area contributed by atoms with Gasteiger partial charge in [0.05, 0.1) is 27.3 Å². The number of hydrogen-bond donors (Lipinski definition) is 1. The first-order chi connectivity index (χ1) is 14.2. The molecule has 30 heavy (non-hydrogen) atoms. The molecule has 2 atom stereocenters. The van der Waals surface area contributed by atoms with Crippen molar-refractivity contribution < 1.29 is 23.5 Å². The summed E-state index contributed by atoms with van der Waals surface area (Å²) >= 11 is 0. The highest BCUT2D eigenvalue weighted by molar-refractivity contribution is 5.79. The first-order valence-corrected chi connectivity index (χ1v) is 9.66. The average Bonchev–Trinajstić information content (AvgIpc) is 3.04. The Labute approximate surface area is 174 Å². The van der Waals surface area contributed by atoms with Crippen LogP contribution in [0.1, 0.15) is 25.8 Å². The lowest BCUT2D eigenvalue weighted by atomic mass is 10.0. The first-order valence-electron chi connectivity index (χ1n) is 9.66. The first kappa shape index (κ1) is 23.3. The Balaban J connectivity index is 2.20. The highest BCUT2D eigenvalue weighted by Gasteiger charge is 2.29. The predicted octanol–water partition coefficient (Wildman–Crippen LogP) is 1.56. The van der Waals surface area contributed by atoms with E-state index < -0.39 is 24.0 Å². The van der Waals surface area contributed by atoms with Crippen LogP contribution in [0, 0.1) is 11.7 Å². The molecule has 1 N–H and O–H groups in total. The lowest BCUT2D eigenvalue weighted by Gasteiger charge is -2.24. The number of hydrogen-bond acceptors (Lipinski definition) is 6. The second kappa shape index (κ2) is 10.7. The predicted molar refractivity (Wildman–Crippen MR) is 108 cm³/mol. The van der Waals surface area contributed by atoms with Gasteiger partial charge in [-0.3, -0.25) is 24.0 Å². The van der Waals surface area contributed by atoms with Gasteiger partial charge in [0.1, 0.15) is 17.9 Å². The molecule has 0 fully saturated rings. The molecule has 0 aliphatic rings. The Kier molecular flexibility index (Phi) is 8.35. The minimum Gasteiger partial charge on any atom is -0.468 e. The van der Waals surface area contributed by atoms with Gasteiger partial charge >= 0.3 is 17.6 Å². The maximum absolute atomic E-state index is 13.4. The van der Waals surface area contributed by atoms with E-state index in [4.69, 9.17) is 9.47 Å². The number of carbonyl (C=O) groups excluding carboxylic acids is 2. The Morgan fingerprint density at radius 1 is 1.07 bits per heavy atom. The van der Waals surface area contributed by atoms with Crippen molar-refractivity contribution >= 4 is 11.9 Å². The second-order valence-electron chi connectivity index (χ2n) is 7.44. The topological polar surface area (TPSA) is 91.6 Å². The van der Waals surface area contributed by atoms with E-state index in [-0.39, 0.29) is 30.5 Å². The minimum atomic E-state index is -0.930. The Morgan fingerprint density at radius 2 is 1.70 bits per heavy atom. The maximum Gasteiger partial charge on any atom is 0.328 e. The monoisotopic (exact) mass is 421 g/mol. The van der Waals surface area contributed by atoms with Gasteiger partial charge in [-0.2, -0.15) is 0 Å². The molecule has 8 nitrogen and oxygen atoms in total. The van der Waals surface area contributed by atoms with Crippen molar-refractivity contribution in [2.75, 3.05) is 14.2 Å². The van der Waals surface area contributed by atoms with E-state index in [1.54, 1.807) is 18.3 Å². The lowest BCUT2D eigenvalue weighted by molar-refractivity contribution is -0.147. The Bertz CT molecular complexity index is 921. The van der Waals surface area contributed by atoms with E-state index in [1.165, 1.54) is 41.7 Å². The summed E-state index contributed by atoms with van der Waals surface area (Å²) in [6, 6.07) is 4.34. The summed E-state index contributed by atoms with van der Waals surface area (Å²) in [6.45, 7) is 4.05. The molecule has 164 valence electrons. The van der Waals surface area contributed by atoms with Crippen LogP contribution in [0.4, 0.5) is 4.39 Å². The van der Waals surface area contributed by atoms with E-state index in [0.29, 0.717) is 12.0 Å². The van der Waals surface area contributed by atoms with Gasteiger partial charge in [-0.25, -0.2) is 9.18 Å². The number of rotatable bonds is 10.